The van der Waals surface area contributed by atoms with E-state index in [2.05, 4.69) is 91.3 Å². The lowest BCUT2D eigenvalue weighted by Gasteiger charge is -2.18. The van der Waals surface area contributed by atoms with Crippen molar-refractivity contribution in [2.75, 3.05) is 13.2 Å². The molecule has 1 unspecified atom stereocenters. The third kappa shape index (κ3) is 38.3. The zero-order valence-electron chi connectivity index (χ0n) is 31.3. The lowest BCUT2D eigenvalue weighted by Crippen LogP contribution is -2.29. The number of hydrogen-bond donors (Lipinski definition) is 2. The maximum Gasteiger partial charge on any atom is 0.469 e. The number of phosphoric ester groups is 1. The molecule has 1 atom stereocenters. The number of ether oxygens (including phenoxy) is 2. The first kappa shape index (κ1) is 47.5. The highest BCUT2D eigenvalue weighted by atomic mass is 31.2. The Kier molecular flexibility index (Phi) is 34.5. The number of phosphoric acid groups is 1. The van der Waals surface area contributed by atoms with Gasteiger partial charge in [0.1, 0.15) is 6.61 Å². The molecule has 0 radical (unpaired) electrons. The Morgan fingerprint density at radius 1 is 0.540 bits per heavy atom. The lowest BCUT2D eigenvalue weighted by molar-refractivity contribution is -0.161. The minimum Gasteiger partial charge on any atom is -0.462 e. The molecule has 286 valence electrons. The van der Waals surface area contributed by atoms with Crippen LogP contribution < -0.4 is 0 Å². The van der Waals surface area contributed by atoms with E-state index in [1.54, 1.807) is 0 Å². The van der Waals surface area contributed by atoms with Gasteiger partial charge in [-0.05, 0) is 83.5 Å². The molecule has 0 spiro atoms. The van der Waals surface area contributed by atoms with Gasteiger partial charge < -0.3 is 19.3 Å². The van der Waals surface area contributed by atoms with E-state index in [1.807, 2.05) is 0 Å². The van der Waals surface area contributed by atoms with Gasteiger partial charge in [0.15, 0.2) is 6.10 Å². The molecule has 0 aliphatic rings. The van der Waals surface area contributed by atoms with Crippen molar-refractivity contribution in [1.29, 1.82) is 0 Å². The summed E-state index contributed by atoms with van der Waals surface area (Å²) in [6, 6.07) is 0. The van der Waals surface area contributed by atoms with Gasteiger partial charge >= 0.3 is 19.8 Å². The average Bonchev–Trinajstić information content (AvgIpc) is 3.08. The monoisotopic (exact) mass is 720 g/mol. The third-order valence-electron chi connectivity index (χ3n) is 7.71. The van der Waals surface area contributed by atoms with Crippen LogP contribution >= 0.6 is 7.82 Å². The number of esters is 2. The van der Waals surface area contributed by atoms with E-state index in [0.717, 1.165) is 89.9 Å². The highest BCUT2D eigenvalue weighted by Gasteiger charge is 2.22. The molecular formula is C41H69O8P. The molecule has 0 aromatic heterocycles. The second-order valence-electron chi connectivity index (χ2n) is 12.5. The fourth-order valence-electron chi connectivity index (χ4n) is 4.86. The molecule has 0 saturated heterocycles. The standard InChI is InChI=1S/C41H69O8P/c1-3-5-7-9-11-13-15-17-19-20-22-24-26-28-30-32-34-36-41(43)49-39(38-48-50(44,45)46)37-47-40(42)35-33-31-29-27-25-23-21-18-16-14-12-10-8-6-4-2/h5,7,11-14,17-19,21-22,24,39H,3-4,6,8-10,15-16,20,23,25-38H2,1-2H3,(H2,44,45,46)/b7-5-,13-11-,14-12-,19-17-,21-18-,24-22-. The summed E-state index contributed by atoms with van der Waals surface area (Å²) < 4.78 is 26.3. The molecule has 0 saturated carbocycles. The summed E-state index contributed by atoms with van der Waals surface area (Å²) in [5, 5.41) is 0. The van der Waals surface area contributed by atoms with E-state index >= 15 is 0 Å². The Morgan fingerprint density at radius 3 is 1.44 bits per heavy atom. The minimum atomic E-state index is -4.77. The molecule has 0 fully saturated rings. The summed E-state index contributed by atoms with van der Waals surface area (Å²) >= 11 is 0. The number of carbonyl (C=O) groups is 2. The van der Waals surface area contributed by atoms with Crippen LogP contribution in [0.15, 0.2) is 72.9 Å². The van der Waals surface area contributed by atoms with Crippen molar-refractivity contribution in [3.05, 3.63) is 72.9 Å². The molecule has 9 heteroatoms. The fourth-order valence-corrected chi connectivity index (χ4v) is 5.22. The highest BCUT2D eigenvalue weighted by Crippen LogP contribution is 2.36. The molecule has 50 heavy (non-hydrogen) atoms. The largest absolute Gasteiger partial charge is 0.469 e. The van der Waals surface area contributed by atoms with Crippen molar-refractivity contribution in [2.45, 2.75) is 161 Å². The van der Waals surface area contributed by atoms with E-state index in [-0.39, 0.29) is 19.4 Å². The second-order valence-corrected chi connectivity index (χ2v) is 13.8. The summed E-state index contributed by atoms with van der Waals surface area (Å²) in [6.07, 6.45) is 46.2. The number of carbonyl (C=O) groups excluding carboxylic acids is 2. The predicted octanol–water partition coefficient (Wildman–Crippen LogP) is 11.5. The first-order valence-corrected chi connectivity index (χ1v) is 20.8. The molecule has 8 nitrogen and oxygen atoms in total. The molecule has 0 aromatic rings. The van der Waals surface area contributed by atoms with Gasteiger partial charge in [0.05, 0.1) is 6.61 Å². The fraction of sp³-hybridized carbons (Fsp3) is 0.659. The summed E-state index contributed by atoms with van der Waals surface area (Å²) in [5.74, 6) is -0.936. The molecule has 0 heterocycles. The second kappa shape index (κ2) is 36.3. The maximum atomic E-state index is 12.4. The van der Waals surface area contributed by atoms with Crippen LogP contribution in [0.3, 0.4) is 0 Å². The van der Waals surface area contributed by atoms with Crippen molar-refractivity contribution in [3.63, 3.8) is 0 Å². The average molecular weight is 721 g/mol. The van der Waals surface area contributed by atoms with Gasteiger partial charge in [-0.15, -0.1) is 0 Å². The van der Waals surface area contributed by atoms with Crippen LogP contribution in [0.2, 0.25) is 0 Å². The molecule has 0 amide bonds. The Labute approximate surface area is 304 Å². The number of hydrogen-bond acceptors (Lipinski definition) is 6. The molecule has 0 rings (SSSR count). The first-order valence-electron chi connectivity index (χ1n) is 19.2. The van der Waals surface area contributed by atoms with Crippen LogP contribution in [0, 0.1) is 0 Å². The Bertz CT molecular complexity index is 1040. The van der Waals surface area contributed by atoms with Gasteiger partial charge in [-0.2, -0.15) is 0 Å². The van der Waals surface area contributed by atoms with Crippen molar-refractivity contribution >= 4 is 19.8 Å². The quantitative estimate of drug-likeness (QED) is 0.0292. The van der Waals surface area contributed by atoms with Crippen LogP contribution in [0.1, 0.15) is 155 Å². The van der Waals surface area contributed by atoms with E-state index in [0.29, 0.717) is 12.8 Å². The summed E-state index contributed by atoms with van der Waals surface area (Å²) in [5.41, 5.74) is 0. The van der Waals surface area contributed by atoms with Crippen molar-refractivity contribution in [1.82, 2.24) is 0 Å². The molecule has 0 aliphatic carbocycles. The number of rotatable bonds is 34. The van der Waals surface area contributed by atoms with Gasteiger partial charge in [0.2, 0.25) is 0 Å². The molecular weight excluding hydrogens is 651 g/mol. The van der Waals surface area contributed by atoms with Gasteiger partial charge in [-0.1, -0.05) is 132 Å². The summed E-state index contributed by atoms with van der Waals surface area (Å²) in [6.45, 7) is 3.49. The first-order chi connectivity index (χ1) is 24.3. The van der Waals surface area contributed by atoms with E-state index < -0.39 is 32.5 Å². The van der Waals surface area contributed by atoms with Crippen molar-refractivity contribution in [3.8, 4) is 0 Å². The molecule has 0 aromatic carbocycles. The minimum absolute atomic E-state index is 0.177. The van der Waals surface area contributed by atoms with Crippen LogP contribution in [0.25, 0.3) is 0 Å². The van der Waals surface area contributed by atoms with E-state index in [9.17, 15) is 14.2 Å². The van der Waals surface area contributed by atoms with Crippen LogP contribution in [-0.2, 0) is 28.2 Å². The molecule has 0 aliphatic heterocycles. The Morgan fingerprint density at radius 2 is 0.960 bits per heavy atom. The zero-order valence-corrected chi connectivity index (χ0v) is 32.2. The van der Waals surface area contributed by atoms with Crippen molar-refractivity contribution < 1.29 is 37.9 Å². The smallest absolute Gasteiger partial charge is 0.462 e. The topological polar surface area (TPSA) is 119 Å². The summed E-state index contributed by atoms with van der Waals surface area (Å²) in [4.78, 5) is 42.7. The SMILES string of the molecule is CC/C=C\C/C=C\C/C=C\C/C=C\CCCCCCC(=O)OC(COC(=O)CCCCCCC/C=C\C/C=C\CCCCC)COP(=O)(O)O. The summed E-state index contributed by atoms with van der Waals surface area (Å²) in [7, 11) is -4.77. The number of unbranched alkanes of at least 4 members (excludes halogenated alkanes) is 12. The third-order valence-corrected chi connectivity index (χ3v) is 8.19. The van der Waals surface area contributed by atoms with Gasteiger partial charge in [-0.25, -0.2) is 4.57 Å². The van der Waals surface area contributed by atoms with E-state index in [1.165, 1.54) is 25.7 Å². The van der Waals surface area contributed by atoms with Crippen molar-refractivity contribution in [2.24, 2.45) is 0 Å². The van der Waals surface area contributed by atoms with E-state index in [4.69, 9.17) is 19.3 Å². The van der Waals surface area contributed by atoms with Gasteiger partial charge in [0, 0.05) is 12.8 Å². The Hall–Kier alpha value is -2.51. The Balaban J connectivity index is 4.05. The van der Waals surface area contributed by atoms with Crippen LogP contribution in [-0.4, -0.2) is 41.0 Å². The maximum absolute atomic E-state index is 12.4. The van der Waals surface area contributed by atoms with Crippen LogP contribution in [0.5, 0.6) is 0 Å². The van der Waals surface area contributed by atoms with Gasteiger partial charge in [-0.3, -0.25) is 14.1 Å². The predicted molar refractivity (Wildman–Crippen MR) is 207 cm³/mol. The normalized spacial score (nSPS) is 13.3. The lowest BCUT2D eigenvalue weighted by atomic mass is 10.1. The zero-order chi connectivity index (χ0) is 36.8. The molecule has 0 bridgehead atoms. The van der Waals surface area contributed by atoms with Gasteiger partial charge in [0.25, 0.3) is 0 Å². The molecule has 2 N–H and O–H groups in total. The number of allylic oxidation sites excluding steroid dienone is 12. The van der Waals surface area contributed by atoms with Crippen LogP contribution in [0.4, 0.5) is 0 Å². The highest BCUT2D eigenvalue weighted by molar-refractivity contribution is 7.46.